The summed E-state index contributed by atoms with van der Waals surface area (Å²) < 4.78 is 45.6. The van der Waals surface area contributed by atoms with Crippen LogP contribution in [0, 0.1) is 0 Å². The van der Waals surface area contributed by atoms with Crippen LogP contribution in [0.5, 0.6) is 0 Å². The number of carbonyl (C=O) groups is 2. The van der Waals surface area contributed by atoms with Crippen molar-refractivity contribution in [1.82, 2.24) is 0 Å². The minimum absolute atomic E-state index is 0.0549. The number of hydrogen-bond donors (Lipinski definition) is 0. The number of esters is 2. The summed E-state index contributed by atoms with van der Waals surface area (Å²) in [5.41, 5.74) is 0. The molecule has 1 heterocycles. The molecule has 1 spiro atoms. The Labute approximate surface area is 127 Å². The van der Waals surface area contributed by atoms with Gasteiger partial charge in [0.15, 0.2) is 12.4 Å². The van der Waals surface area contributed by atoms with E-state index in [1.807, 2.05) is 0 Å². The Morgan fingerprint density at radius 3 is 2.55 bits per heavy atom. The highest BCUT2D eigenvalue weighted by atomic mass is 19.3. The highest BCUT2D eigenvalue weighted by molar-refractivity contribution is 5.80. The monoisotopic (exact) mass is 322 g/mol. The smallest absolute Gasteiger partial charge is 0.377 e. The summed E-state index contributed by atoms with van der Waals surface area (Å²) in [7, 11) is 0. The van der Waals surface area contributed by atoms with Gasteiger partial charge < -0.3 is 18.9 Å². The van der Waals surface area contributed by atoms with Crippen molar-refractivity contribution in [2.75, 3.05) is 19.8 Å². The van der Waals surface area contributed by atoms with E-state index in [2.05, 4.69) is 4.74 Å². The Kier molecular flexibility index (Phi) is 5.33. The third kappa shape index (κ3) is 4.61. The van der Waals surface area contributed by atoms with E-state index in [0.717, 1.165) is 32.1 Å². The van der Waals surface area contributed by atoms with Crippen LogP contribution in [-0.4, -0.2) is 49.6 Å². The zero-order valence-corrected chi connectivity index (χ0v) is 12.4. The zero-order valence-electron chi connectivity index (χ0n) is 12.4. The predicted octanol–water partition coefficient (Wildman–Crippen LogP) is 1.80. The quantitative estimate of drug-likeness (QED) is 0.719. The van der Waals surface area contributed by atoms with Gasteiger partial charge in [-0.3, -0.25) is 0 Å². The first kappa shape index (κ1) is 17.1. The van der Waals surface area contributed by atoms with Gasteiger partial charge in [0.05, 0.1) is 6.61 Å². The fourth-order valence-electron chi connectivity index (χ4n) is 2.53. The van der Waals surface area contributed by atoms with Crippen molar-refractivity contribution in [1.29, 1.82) is 0 Å². The first-order chi connectivity index (χ1) is 10.3. The number of hydrogen-bond acceptors (Lipinski definition) is 6. The molecular weight excluding hydrogens is 302 g/mol. The molecule has 1 unspecified atom stereocenters. The van der Waals surface area contributed by atoms with Gasteiger partial charge in [-0.15, -0.1) is 0 Å². The molecule has 0 amide bonds. The van der Waals surface area contributed by atoms with Crippen LogP contribution in [0.3, 0.4) is 0 Å². The van der Waals surface area contributed by atoms with Crippen molar-refractivity contribution in [2.45, 2.75) is 56.8 Å². The molecule has 2 rings (SSSR count). The summed E-state index contributed by atoms with van der Waals surface area (Å²) in [4.78, 5) is 22.2. The van der Waals surface area contributed by atoms with Crippen LogP contribution in [-0.2, 0) is 28.5 Å². The van der Waals surface area contributed by atoms with E-state index in [-0.39, 0.29) is 12.7 Å². The molecule has 22 heavy (non-hydrogen) atoms. The second kappa shape index (κ2) is 6.87. The highest BCUT2D eigenvalue weighted by Gasteiger charge is 2.42. The molecule has 0 aromatic heterocycles. The molecule has 1 saturated heterocycles. The molecule has 1 saturated carbocycles. The Morgan fingerprint density at radius 2 is 1.91 bits per heavy atom. The third-order valence-electron chi connectivity index (χ3n) is 3.64. The molecule has 0 aromatic rings. The fraction of sp³-hybridized carbons (Fsp3) is 0.857. The Morgan fingerprint density at radius 1 is 1.23 bits per heavy atom. The van der Waals surface area contributed by atoms with E-state index < -0.39 is 30.3 Å². The summed E-state index contributed by atoms with van der Waals surface area (Å²) in [6, 6.07) is 0. The summed E-state index contributed by atoms with van der Waals surface area (Å²) in [6.07, 6.45) is 4.48. The molecule has 0 radical (unpaired) electrons. The SMILES string of the molecule is CC(F)(F)C(=O)OCC(=O)OCC1COC2(CCCCC2)O1. The fourth-order valence-corrected chi connectivity index (χ4v) is 2.53. The zero-order chi connectivity index (χ0) is 16.2. The topological polar surface area (TPSA) is 71.1 Å². The van der Waals surface area contributed by atoms with Gasteiger partial charge in [-0.2, -0.15) is 8.78 Å². The van der Waals surface area contributed by atoms with Crippen LogP contribution >= 0.6 is 0 Å². The van der Waals surface area contributed by atoms with Crippen molar-refractivity contribution in [3.63, 3.8) is 0 Å². The van der Waals surface area contributed by atoms with Crippen molar-refractivity contribution in [2.24, 2.45) is 0 Å². The van der Waals surface area contributed by atoms with Crippen molar-refractivity contribution < 1.29 is 37.3 Å². The van der Waals surface area contributed by atoms with Crippen LogP contribution in [0.2, 0.25) is 0 Å². The summed E-state index contributed by atoms with van der Waals surface area (Å²) in [6.45, 7) is -0.185. The largest absolute Gasteiger partial charge is 0.460 e. The van der Waals surface area contributed by atoms with Crippen LogP contribution in [0.25, 0.3) is 0 Å². The average Bonchev–Trinajstić information content (AvgIpc) is 2.85. The van der Waals surface area contributed by atoms with Gasteiger partial charge in [0.2, 0.25) is 0 Å². The summed E-state index contributed by atoms with van der Waals surface area (Å²) in [5.74, 6) is -6.85. The standard InChI is InChI=1S/C14H20F2O6/c1-13(15,16)12(18)20-9-11(17)19-7-10-8-21-14(22-10)5-3-2-4-6-14/h10H,2-9H2,1H3. The third-order valence-corrected chi connectivity index (χ3v) is 3.64. The van der Waals surface area contributed by atoms with E-state index in [0.29, 0.717) is 13.5 Å². The minimum Gasteiger partial charge on any atom is -0.460 e. The van der Waals surface area contributed by atoms with Gasteiger partial charge >= 0.3 is 17.9 Å². The Hall–Kier alpha value is -1.28. The molecule has 0 N–H and O–H groups in total. The molecule has 2 fully saturated rings. The van der Waals surface area contributed by atoms with Gasteiger partial charge in [-0.25, -0.2) is 9.59 Å². The second-order valence-corrected chi connectivity index (χ2v) is 5.67. The second-order valence-electron chi connectivity index (χ2n) is 5.67. The lowest BCUT2D eigenvalue weighted by Gasteiger charge is -2.31. The van der Waals surface area contributed by atoms with E-state index in [1.54, 1.807) is 0 Å². The molecule has 1 aliphatic carbocycles. The number of alkyl halides is 2. The molecule has 126 valence electrons. The average molecular weight is 322 g/mol. The van der Waals surface area contributed by atoms with Gasteiger partial charge in [0.25, 0.3) is 0 Å². The summed E-state index contributed by atoms with van der Waals surface area (Å²) in [5, 5.41) is 0. The highest BCUT2D eigenvalue weighted by Crippen LogP contribution is 2.37. The first-order valence-corrected chi connectivity index (χ1v) is 7.33. The maximum Gasteiger partial charge on any atom is 0.377 e. The van der Waals surface area contributed by atoms with Crippen LogP contribution < -0.4 is 0 Å². The van der Waals surface area contributed by atoms with Gasteiger partial charge in [0, 0.05) is 19.8 Å². The Bertz CT molecular complexity index is 414. The first-order valence-electron chi connectivity index (χ1n) is 7.33. The molecule has 0 aromatic carbocycles. The van der Waals surface area contributed by atoms with E-state index >= 15 is 0 Å². The van der Waals surface area contributed by atoms with Crippen molar-refractivity contribution >= 4 is 11.9 Å². The lowest BCUT2D eigenvalue weighted by molar-refractivity contribution is -0.193. The Balaban J connectivity index is 1.66. The molecular formula is C14H20F2O6. The number of rotatable bonds is 5. The maximum absolute atomic E-state index is 12.5. The predicted molar refractivity (Wildman–Crippen MR) is 69.2 cm³/mol. The molecule has 8 heteroatoms. The van der Waals surface area contributed by atoms with Gasteiger partial charge in [0.1, 0.15) is 12.7 Å². The van der Waals surface area contributed by atoms with Gasteiger partial charge in [-0.1, -0.05) is 6.42 Å². The van der Waals surface area contributed by atoms with Crippen molar-refractivity contribution in [3.05, 3.63) is 0 Å². The molecule has 0 bridgehead atoms. The van der Waals surface area contributed by atoms with E-state index in [1.165, 1.54) is 0 Å². The lowest BCUT2D eigenvalue weighted by Crippen LogP contribution is -2.34. The minimum atomic E-state index is -3.63. The van der Waals surface area contributed by atoms with Crippen LogP contribution in [0.1, 0.15) is 39.0 Å². The summed E-state index contributed by atoms with van der Waals surface area (Å²) >= 11 is 0. The molecule has 1 atom stereocenters. The number of halogens is 2. The number of ether oxygens (including phenoxy) is 4. The van der Waals surface area contributed by atoms with E-state index in [9.17, 15) is 18.4 Å². The van der Waals surface area contributed by atoms with Crippen molar-refractivity contribution in [3.8, 4) is 0 Å². The van der Waals surface area contributed by atoms with Gasteiger partial charge in [-0.05, 0) is 12.8 Å². The molecule has 1 aliphatic heterocycles. The lowest BCUT2D eigenvalue weighted by atomic mass is 9.94. The molecule has 2 aliphatic rings. The number of carbonyl (C=O) groups excluding carboxylic acids is 2. The van der Waals surface area contributed by atoms with Crippen LogP contribution in [0.4, 0.5) is 8.78 Å². The maximum atomic E-state index is 12.5. The van der Waals surface area contributed by atoms with Crippen LogP contribution in [0.15, 0.2) is 0 Å². The van der Waals surface area contributed by atoms with E-state index in [4.69, 9.17) is 14.2 Å². The molecule has 6 nitrogen and oxygen atoms in total. The normalized spacial score (nSPS) is 24.2.